The third-order valence-corrected chi connectivity index (χ3v) is 11.2. The minimum atomic E-state index is -3.18. The highest BCUT2D eigenvalue weighted by Gasteiger charge is 2.73. The zero-order chi connectivity index (χ0) is 14.9. The van der Waals surface area contributed by atoms with Crippen molar-refractivity contribution >= 4 is 39.2 Å². The minimum absolute atomic E-state index is 0.478. The fraction of sp³-hybridized carbons (Fsp3) is 1.00. The summed E-state index contributed by atoms with van der Waals surface area (Å²) in [5.74, 6) is 0. The first-order chi connectivity index (χ1) is 9.17. The van der Waals surface area contributed by atoms with E-state index in [1.54, 1.807) is 0 Å². The molecule has 0 aromatic rings. The lowest BCUT2D eigenvalue weighted by Gasteiger charge is -2.70. The molecule has 0 spiro atoms. The van der Waals surface area contributed by atoms with Crippen molar-refractivity contribution in [1.29, 1.82) is 0 Å². The molecule has 0 saturated heterocycles. The Bertz CT molecular complexity index is 367. The molecular formula is C13H18Cl3F3Si. The topological polar surface area (TPSA) is 0 Å². The Labute approximate surface area is 132 Å². The van der Waals surface area contributed by atoms with Gasteiger partial charge in [-0.15, -0.1) is 33.2 Å². The van der Waals surface area contributed by atoms with Crippen molar-refractivity contribution in [2.24, 2.45) is 16.2 Å². The van der Waals surface area contributed by atoms with Crippen LogP contribution >= 0.6 is 33.2 Å². The minimum Gasteiger partial charge on any atom is -0.250 e. The van der Waals surface area contributed by atoms with Crippen LogP contribution in [-0.4, -0.2) is 26.0 Å². The van der Waals surface area contributed by atoms with E-state index in [2.05, 4.69) is 0 Å². The second-order valence-electron chi connectivity index (χ2n) is 7.74. The van der Waals surface area contributed by atoms with E-state index in [4.69, 9.17) is 33.2 Å². The fourth-order valence-corrected chi connectivity index (χ4v) is 9.55. The van der Waals surface area contributed by atoms with Crippen molar-refractivity contribution in [1.82, 2.24) is 0 Å². The summed E-state index contributed by atoms with van der Waals surface area (Å²) in [5.41, 5.74) is -2.03. The first-order valence-corrected chi connectivity index (χ1v) is 12.0. The molecule has 0 N–H and O–H groups in total. The molecule has 0 unspecified atom stereocenters. The van der Waals surface area contributed by atoms with Gasteiger partial charge in [-0.05, 0) is 38.5 Å². The molecule has 116 valence electrons. The summed E-state index contributed by atoms with van der Waals surface area (Å²) in [6, 6.07) is -3.18. The lowest BCUT2D eigenvalue weighted by atomic mass is 9.40. The molecule has 0 amide bonds. The summed E-state index contributed by atoms with van der Waals surface area (Å²) in [6.07, 6.45) is 2.90. The smallest absolute Gasteiger partial charge is 0.250 e. The number of hydrogen-bond donors (Lipinski definition) is 0. The average Bonchev–Trinajstić information content (AvgIpc) is 2.36. The summed E-state index contributed by atoms with van der Waals surface area (Å²) < 4.78 is 41.2. The monoisotopic (exact) mass is 364 g/mol. The first kappa shape index (κ1) is 15.8. The van der Waals surface area contributed by atoms with Gasteiger partial charge in [0.2, 0.25) is 0 Å². The molecule has 0 heterocycles. The summed E-state index contributed by atoms with van der Waals surface area (Å²) in [6.45, 7) is -1.69. The molecule has 4 fully saturated rings. The summed E-state index contributed by atoms with van der Waals surface area (Å²) in [5, 5.41) is -0.656. The van der Waals surface area contributed by atoms with Crippen LogP contribution < -0.4 is 0 Å². The van der Waals surface area contributed by atoms with Crippen LogP contribution in [0.4, 0.5) is 13.2 Å². The maximum atomic E-state index is 13.7. The van der Waals surface area contributed by atoms with Crippen LogP contribution in [0.15, 0.2) is 0 Å². The molecule has 4 bridgehead atoms. The molecule has 4 aliphatic carbocycles. The first-order valence-electron chi connectivity index (χ1n) is 6.92. The van der Waals surface area contributed by atoms with Crippen molar-refractivity contribution in [3.8, 4) is 0 Å². The molecule has 4 rings (SSSR count). The van der Waals surface area contributed by atoms with Crippen molar-refractivity contribution in [3.63, 3.8) is 0 Å². The van der Waals surface area contributed by atoms with Crippen LogP contribution in [0.1, 0.15) is 38.5 Å². The quantitative estimate of drug-likeness (QED) is 0.447. The Balaban J connectivity index is 2.13. The van der Waals surface area contributed by atoms with Gasteiger partial charge in [0.1, 0.15) is 0 Å². The molecular weight excluding hydrogens is 348 g/mol. The predicted molar refractivity (Wildman–Crippen MR) is 78.9 cm³/mol. The van der Waals surface area contributed by atoms with E-state index in [0.29, 0.717) is 38.5 Å². The largest absolute Gasteiger partial charge is 0.347 e. The maximum absolute atomic E-state index is 13.7. The van der Waals surface area contributed by atoms with Crippen LogP contribution in [0, 0.1) is 16.2 Å². The second-order valence-corrected chi connectivity index (χ2v) is 16.6. The van der Waals surface area contributed by atoms with E-state index < -0.39 is 47.3 Å². The van der Waals surface area contributed by atoms with Gasteiger partial charge in [-0.3, -0.25) is 13.2 Å². The van der Waals surface area contributed by atoms with E-state index in [1.807, 2.05) is 0 Å². The van der Waals surface area contributed by atoms with Crippen molar-refractivity contribution in [2.45, 2.75) is 43.6 Å². The Morgan fingerprint density at radius 2 is 0.950 bits per heavy atom. The Kier molecular flexibility index (Phi) is 3.51. The Morgan fingerprint density at radius 3 is 1.15 bits per heavy atom. The average molecular weight is 366 g/mol. The van der Waals surface area contributed by atoms with Gasteiger partial charge in [0.15, 0.2) is 0 Å². The van der Waals surface area contributed by atoms with Gasteiger partial charge in [-0.2, -0.15) is 0 Å². The summed E-state index contributed by atoms with van der Waals surface area (Å²) >= 11 is 18.9. The SMILES string of the molecule is FCC12CC3(CF)CC(CF)(C1)CC([Si](Cl)(Cl)Cl)(C2)C3. The molecule has 7 heteroatoms. The van der Waals surface area contributed by atoms with Gasteiger partial charge in [0.05, 0.1) is 20.0 Å². The molecule has 0 aromatic carbocycles. The molecule has 0 radical (unpaired) electrons. The third-order valence-electron chi connectivity index (χ3n) is 5.84. The van der Waals surface area contributed by atoms with Crippen LogP contribution in [0.2, 0.25) is 5.04 Å². The Hall–Kier alpha value is 0.877. The van der Waals surface area contributed by atoms with Gasteiger partial charge >= 0.3 is 6.00 Å². The van der Waals surface area contributed by atoms with Gasteiger partial charge in [0.25, 0.3) is 0 Å². The van der Waals surface area contributed by atoms with E-state index in [0.717, 1.165) is 0 Å². The lowest BCUT2D eigenvalue weighted by molar-refractivity contribution is -0.170. The van der Waals surface area contributed by atoms with Crippen molar-refractivity contribution in [2.75, 3.05) is 20.0 Å². The highest BCUT2D eigenvalue weighted by molar-refractivity contribution is 7.65. The zero-order valence-corrected chi connectivity index (χ0v) is 14.4. The van der Waals surface area contributed by atoms with E-state index in [1.165, 1.54) is 0 Å². The Morgan fingerprint density at radius 1 is 0.650 bits per heavy atom. The predicted octanol–water partition coefficient (Wildman–Crippen LogP) is 5.63. The van der Waals surface area contributed by atoms with Crippen LogP contribution in [0.25, 0.3) is 0 Å². The van der Waals surface area contributed by atoms with Gasteiger partial charge in [0, 0.05) is 21.3 Å². The lowest BCUT2D eigenvalue weighted by Crippen LogP contribution is -2.64. The van der Waals surface area contributed by atoms with Gasteiger partial charge in [-0.1, -0.05) is 0 Å². The van der Waals surface area contributed by atoms with E-state index >= 15 is 0 Å². The maximum Gasteiger partial charge on any atom is 0.347 e. The highest BCUT2D eigenvalue weighted by atomic mass is 35.8. The number of rotatable bonds is 4. The molecule has 4 saturated carbocycles. The van der Waals surface area contributed by atoms with Crippen LogP contribution in [0.5, 0.6) is 0 Å². The van der Waals surface area contributed by atoms with Gasteiger partial charge < -0.3 is 0 Å². The normalized spacial score (nSPS) is 50.7. The number of alkyl halides is 3. The zero-order valence-electron chi connectivity index (χ0n) is 11.1. The van der Waals surface area contributed by atoms with Crippen LogP contribution in [0.3, 0.4) is 0 Å². The standard InChI is InChI=1S/C13H18Cl3F3Si/c14-20(15,16)13-4-10(7-17)1-11(5-13,8-18)3-12(2-10,6-13)9-19/h1-9H2. The van der Waals surface area contributed by atoms with E-state index in [9.17, 15) is 13.2 Å². The number of hydrogen-bond acceptors (Lipinski definition) is 0. The third kappa shape index (κ3) is 2.00. The molecule has 20 heavy (non-hydrogen) atoms. The summed E-state index contributed by atoms with van der Waals surface area (Å²) in [4.78, 5) is 0. The molecule has 0 atom stereocenters. The molecule has 0 aromatic heterocycles. The van der Waals surface area contributed by atoms with Crippen molar-refractivity contribution in [3.05, 3.63) is 0 Å². The van der Waals surface area contributed by atoms with E-state index in [-0.39, 0.29) is 0 Å². The highest BCUT2D eigenvalue weighted by Crippen LogP contribution is 2.80. The second kappa shape index (κ2) is 4.45. The fourth-order valence-electron chi connectivity index (χ4n) is 6.02. The van der Waals surface area contributed by atoms with Crippen molar-refractivity contribution < 1.29 is 13.2 Å². The number of halogens is 6. The summed E-state index contributed by atoms with van der Waals surface area (Å²) in [7, 11) is 0. The molecule has 0 aliphatic heterocycles. The molecule has 0 nitrogen and oxygen atoms in total. The molecule has 4 aliphatic rings. The van der Waals surface area contributed by atoms with Gasteiger partial charge in [-0.25, -0.2) is 0 Å². The van der Waals surface area contributed by atoms with Crippen LogP contribution in [-0.2, 0) is 0 Å².